The number of halogens is 1. The van der Waals surface area contributed by atoms with Gasteiger partial charge in [0.15, 0.2) is 6.10 Å². The van der Waals surface area contributed by atoms with Crippen molar-refractivity contribution in [3.63, 3.8) is 0 Å². The highest BCUT2D eigenvalue weighted by Gasteiger charge is 2.19. The zero-order valence-corrected chi connectivity index (χ0v) is 15.8. The molecule has 0 aliphatic carbocycles. The average molecular weight is 405 g/mol. The fourth-order valence-electron chi connectivity index (χ4n) is 2.10. The van der Waals surface area contributed by atoms with E-state index in [-0.39, 0.29) is 16.4 Å². The Morgan fingerprint density at radius 2 is 1.89 bits per heavy atom. The maximum absolute atomic E-state index is 12.2. The Labute approximate surface area is 165 Å². The molecule has 8 nitrogen and oxygen atoms in total. The van der Waals surface area contributed by atoms with Gasteiger partial charge in [0.05, 0.1) is 22.7 Å². The molecule has 1 N–H and O–H groups in total. The second-order valence-electron chi connectivity index (χ2n) is 5.60. The molecule has 146 valence electrons. The third-order valence-corrected chi connectivity index (χ3v) is 3.94. The summed E-state index contributed by atoms with van der Waals surface area (Å²) < 4.78 is 10.1. The Morgan fingerprint density at radius 1 is 1.21 bits per heavy atom. The van der Waals surface area contributed by atoms with Gasteiger partial charge in [0, 0.05) is 18.2 Å². The van der Waals surface area contributed by atoms with Crippen LogP contribution in [0, 0.1) is 10.1 Å². The molecule has 0 aliphatic heterocycles. The Hall–Kier alpha value is -3.39. The van der Waals surface area contributed by atoms with Crippen LogP contribution in [0.2, 0.25) is 5.02 Å². The maximum atomic E-state index is 12.2. The average Bonchev–Trinajstić information content (AvgIpc) is 2.68. The van der Waals surface area contributed by atoms with Crippen molar-refractivity contribution in [2.45, 2.75) is 13.0 Å². The van der Waals surface area contributed by atoms with Crippen molar-refractivity contribution >= 4 is 40.9 Å². The summed E-state index contributed by atoms with van der Waals surface area (Å²) >= 11 is 5.93. The zero-order valence-electron chi connectivity index (χ0n) is 15.0. The molecule has 0 radical (unpaired) electrons. The van der Waals surface area contributed by atoms with Crippen molar-refractivity contribution in [3.05, 3.63) is 69.2 Å². The smallest absolute Gasteiger partial charge is 0.331 e. The minimum atomic E-state index is -1.14. The van der Waals surface area contributed by atoms with Gasteiger partial charge in [0.2, 0.25) is 0 Å². The highest BCUT2D eigenvalue weighted by Crippen LogP contribution is 2.26. The predicted octanol–water partition coefficient (Wildman–Crippen LogP) is 3.84. The Morgan fingerprint density at radius 3 is 2.50 bits per heavy atom. The fraction of sp³-hybridized carbons (Fsp3) is 0.158. The van der Waals surface area contributed by atoms with Crippen LogP contribution < -0.4 is 10.1 Å². The number of hydrogen-bond donors (Lipinski definition) is 1. The van der Waals surface area contributed by atoms with Gasteiger partial charge in [-0.15, -0.1) is 0 Å². The lowest BCUT2D eigenvalue weighted by molar-refractivity contribution is -0.384. The van der Waals surface area contributed by atoms with Gasteiger partial charge in [0.25, 0.3) is 11.6 Å². The van der Waals surface area contributed by atoms with Gasteiger partial charge in [0.1, 0.15) is 5.75 Å². The Kier molecular flexibility index (Phi) is 7.11. The van der Waals surface area contributed by atoms with Crippen molar-refractivity contribution < 1.29 is 24.0 Å². The summed E-state index contributed by atoms with van der Waals surface area (Å²) in [6.07, 6.45) is 1.58. The minimum absolute atomic E-state index is 0.0533. The van der Waals surface area contributed by atoms with Crippen molar-refractivity contribution in [2.75, 3.05) is 12.4 Å². The molecular formula is C19H17ClN2O6. The van der Waals surface area contributed by atoms with Crippen LogP contribution in [0.15, 0.2) is 48.5 Å². The number of anilines is 1. The summed E-state index contributed by atoms with van der Waals surface area (Å²) in [6, 6.07) is 10.6. The van der Waals surface area contributed by atoms with Crippen LogP contribution in [0.25, 0.3) is 6.08 Å². The fourth-order valence-corrected chi connectivity index (χ4v) is 2.27. The largest absolute Gasteiger partial charge is 0.497 e. The van der Waals surface area contributed by atoms with Crippen LogP contribution in [-0.4, -0.2) is 30.0 Å². The van der Waals surface area contributed by atoms with Gasteiger partial charge in [-0.25, -0.2) is 4.79 Å². The van der Waals surface area contributed by atoms with Crippen LogP contribution in [0.3, 0.4) is 0 Å². The number of non-ortho nitro benzene ring substituents is 1. The number of nitro groups is 1. The van der Waals surface area contributed by atoms with E-state index in [1.54, 1.807) is 31.4 Å². The number of nitro benzene ring substituents is 1. The lowest BCUT2D eigenvalue weighted by atomic mass is 10.2. The summed E-state index contributed by atoms with van der Waals surface area (Å²) in [5, 5.41) is 13.3. The van der Waals surface area contributed by atoms with Crippen LogP contribution in [-0.2, 0) is 14.3 Å². The molecule has 0 saturated heterocycles. The number of nitrogens with zero attached hydrogens (tertiary/aromatic N) is 1. The maximum Gasteiger partial charge on any atom is 0.331 e. The molecular weight excluding hydrogens is 388 g/mol. The number of nitrogens with one attached hydrogen (secondary N) is 1. The molecule has 0 spiro atoms. The highest BCUT2D eigenvalue weighted by atomic mass is 35.5. The molecule has 0 fully saturated rings. The van der Waals surface area contributed by atoms with Crippen LogP contribution in [0.1, 0.15) is 12.5 Å². The molecule has 0 saturated carbocycles. The number of carbonyl (C=O) groups is 2. The van der Waals surface area contributed by atoms with E-state index >= 15 is 0 Å². The summed E-state index contributed by atoms with van der Waals surface area (Å²) in [5.41, 5.74) is 0.572. The van der Waals surface area contributed by atoms with Crippen LogP contribution in [0.5, 0.6) is 5.75 Å². The molecule has 0 bridgehead atoms. The first kappa shape index (κ1) is 20.9. The van der Waals surface area contributed by atoms with Crippen molar-refractivity contribution in [1.29, 1.82) is 0 Å². The van der Waals surface area contributed by atoms with Gasteiger partial charge >= 0.3 is 5.97 Å². The van der Waals surface area contributed by atoms with E-state index in [0.717, 1.165) is 11.6 Å². The molecule has 1 atom stereocenters. The van der Waals surface area contributed by atoms with E-state index < -0.39 is 22.9 Å². The van der Waals surface area contributed by atoms with Crippen molar-refractivity contribution in [1.82, 2.24) is 0 Å². The summed E-state index contributed by atoms with van der Waals surface area (Å²) in [7, 11) is 1.55. The van der Waals surface area contributed by atoms with E-state index in [1.165, 1.54) is 31.2 Å². The number of amides is 1. The standard InChI is InChI=1S/C19H17ClN2O6/c1-12(19(24)21-17-11-14(22(25)26)6-9-16(17)20)28-18(23)10-5-13-3-7-15(27-2)8-4-13/h3-12H,1-2H3,(H,21,24)/b10-5+. The number of carbonyl (C=O) groups excluding carboxylic acids is 2. The highest BCUT2D eigenvalue weighted by molar-refractivity contribution is 6.33. The minimum Gasteiger partial charge on any atom is -0.497 e. The molecule has 2 rings (SSSR count). The first-order valence-corrected chi connectivity index (χ1v) is 8.45. The van der Waals surface area contributed by atoms with E-state index in [0.29, 0.717) is 5.75 Å². The predicted molar refractivity (Wildman–Crippen MR) is 104 cm³/mol. The SMILES string of the molecule is COc1ccc(/C=C/C(=O)OC(C)C(=O)Nc2cc([N+](=O)[O-])ccc2Cl)cc1. The molecule has 2 aromatic rings. The monoisotopic (exact) mass is 404 g/mol. The topological polar surface area (TPSA) is 108 Å². The lowest BCUT2D eigenvalue weighted by Gasteiger charge is -2.13. The van der Waals surface area contributed by atoms with Gasteiger partial charge in [-0.3, -0.25) is 14.9 Å². The first-order valence-electron chi connectivity index (χ1n) is 8.07. The van der Waals surface area contributed by atoms with Gasteiger partial charge in [-0.05, 0) is 36.8 Å². The number of methoxy groups -OCH3 is 1. The van der Waals surface area contributed by atoms with Gasteiger partial charge < -0.3 is 14.8 Å². The molecule has 0 aliphatic rings. The van der Waals surface area contributed by atoms with Gasteiger partial charge in [-0.2, -0.15) is 0 Å². The lowest BCUT2D eigenvalue weighted by Crippen LogP contribution is -2.29. The number of benzene rings is 2. The molecule has 28 heavy (non-hydrogen) atoms. The molecule has 1 unspecified atom stereocenters. The molecule has 0 aromatic heterocycles. The van der Waals surface area contributed by atoms with E-state index in [2.05, 4.69) is 5.32 Å². The number of esters is 1. The van der Waals surface area contributed by atoms with Crippen molar-refractivity contribution in [2.24, 2.45) is 0 Å². The number of ether oxygens (including phenoxy) is 2. The summed E-state index contributed by atoms with van der Waals surface area (Å²) in [4.78, 5) is 34.3. The Balaban J connectivity index is 1.96. The third-order valence-electron chi connectivity index (χ3n) is 3.61. The molecule has 0 heterocycles. The zero-order chi connectivity index (χ0) is 20.7. The van der Waals surface area contributed by atoms with Crippen LogP contribution >= 0.6 is 11.6 Å². The third kappa shape index (κ3) is 5.82. The quantitative estimate of drug-likeness (QED) is 0.325. The first-order chi connectivity index (χ1) is 13.3. The second-order valence-corrected chi connectivity index (χ2v) is 6.00. The van der Waals surface area contributed by atoms with E-state index in [1.807, 2.05) is 0 Å². The summed E-state index contributed by atoms with van der Waals surface area (Å²) in [6.45, 7) is 1.37. The van der Waals surface area contributed by atoms with Crippen molar-refractivity contribution in [3.8, 4) is 5.75 Å². The molecule has 1 amide bonds. The Bertz CT molecular complexity index is 911. The molecule has 9 heteroatoms. The number of rotatable bonds is 7. The summed E-state index contributed by atoms with van der Waals surface area (Å²) in [5.74, 6) is -0.706. The number of hydrogen-bond acceptors (Lipinski definition) is 6. The molecule has 2 aromatic carbocycles. The van der Waals surface area contributed by atoms with Crippen LogP contribution in [0.4, 0.5) is 11.4 Å². The van der Waals surface area contributed by atoms with Gasteiger partial charge in [-0.1, -0.05) is 23.7 Å². The normalized spacial score (nSPS) is 11.7. The van der Waals surface area contributed by atoms with E-state index in [9.17, 15) is 19.7 Å². The van der Waals surface area contributed by atoms with E-state index in [4.69, 9.17) is 21.1 Å². The second kappa shape index (κ2) is 9.52.